The first-order valence-corrected chi connectivity index (χ1v) is 7.94. The van der Waals surface area contributed by atoms with Gasteiger partial charge in [0.1, 0.15) is 6.29 Å². The molecule has 1 heterocycles. The molecule has 0 amide bonds. The third kappa shape index (κ3) is 2.65. The minimum absolute atomic E-state index is 0.0139. The molecule has 19 heavy (non-hydrogen) atoms. The number of sulfonamides is 1. The predicted molar refractivity (Wildman–Crippen MR) is 74.1 cm³/mol. The van der Waals surface area contributed by atoms with E-state index in [2.05, 4.69) is 0 Å². The fourth-order valence-electron chi connectivity index (χ4n) is 2.28. The molecule has 0 aliphatic carbocycles. The zero-order valence-corrected chi connectivity index (χ0v) is 12.6. The van der Waals surface area contributed by atoms with Crippen LogP contribution >= 0.6 is 23.2 Å². The molecule has 1 aromatic rings. The standard InChI is InChI=1S/C12H13Cl2NO3S/c1-12(8-16)3-2-4-15(12)19(17,18)11-6-9(13)5-10(14)7-11/h5-8H,2-4H2,1H3/t12-/m0/s1. The number of aldehydes is 1. The molecule has 1 saturated heterocycles. The molecule has 1 aliphatic rings. The van der Waals surface area contributed by atoms with E-state index in [0.717, 1.165) is 0 Å². The second-order valence-electron chi connectivity index (χ2n) is 4.76. The van der Waals surface area contributed by atoms with E-state index in [9.17, 15) is 13.2 Å². The molecule has 2 rings (SSSR count). The molecule has 0 aromatic heterocycles. The number of nitrogens with zero attached hydrogens (tertiary/aromatic N) is 1. The fraction of sp³-hybridized carbons (Fsp3) is 0.417. The van der Waals surface area contributed by atoms with Crippen molar-refractivity contribution in [2.75, 3.05) is 6.54 Å². The summed E-state index contributed by atoms with van der Waals surface area (Å²) in [5.74, 6) is 0. The van der Waals surface area contributed by atoms with E-state index in [1.54, 1.807) is 6.92 Å². The van der Waals surface area contributed by atoms with E-state index in [4.69, 9.17) is 23.2 Å². The number of hydrogen-bond acceptors (Lipinski definition) is 3. The van der Waals surface area contributed by atoms with Crippen molar-refractivity contribution < 1.29 is 13.2 Å². The highest BCUT2D eigenvalue weighted by molar-refractivity contribution is 7.89. The third-order valence-electron chi connectivity index (χ3n) is 3.29. The first-order valence-electron chi connectivity index (χ1n) is 5.75. The number of rotatable bonds is 3. The van der Waals surface area contributed by atoms with Crippen molar-refractivity contribution in [3.8, 4) is 0 Å². The van der Waals surface area contributed by atoms with Crippen LogP contribution in [-0.4, -0.2) is 31.1 Å². The van der Waals surface area contributed by atoms with Gasteiger partial charge in [-0.1, -0.05) is 23.2 Å². The minimum atomic E-state index is -3.77. The second kappa shape index (κ2) is 5.05. The molecule has 0 saturated carbocycles. The quantitative estimate of drug-likeness (QED) is 0.804. The monoisotopic (exact) mass is 321 g/mol. The summed E-state index contributed by atoms with van der Waals surface area (Å²) in [6, 6.07) is 4.14. The Labute approximate surface area is 122 Å². The van der Waals surface area contributed by atoms with Crippen LogP contribution in [0.25, 0.3) is 0 Å². The van der Waals surface area contributed by atoms with Crippen LogP contribution in [0.3, 0.4) is 0 Å². The van der Waals surface area contributed by atoms with E-state index < -0.39 is 15.6 Å². The zero-order valence-electron chi connectivity index (χ0n) is 10.3. The lowest BCUT2D eigenvalue weighted by Gasteiger charge is -2.29. The maximum atomic E-state index is 12.6. The molecule has 0 radical (unpaired) electrons. The molecular weight excluding hydrogens is 309 g/mol. The highest BCUT2D eigenvalue weighted by atomic mass is 35.5. The minimum Gasteiger partial charge on any atom is -0.301 e. The van der Waals surface area contributed by atoms with Crippen molar-refractivity contribution in [2.45, 2.75) is 30.2 Å². The lowest BCUT2D eigenvalue weighted by molar-refractivity contribution is -0.114. The summed E-state index contributed by atoms with van der Waals surface area (Å²) in [6.45, 7) is 1.94. The molecule has 1 aliphatic heterocycles. The van der Waals surface area contributed by atoms with Crippen LogP contribution in [0.1, 0.15) is 19.8 Å². The van der Waals surface area contributed by atoms with Gasteiger partial charge in [0.05, 0.1) is 10.4 Å². The highest BCUT2D eigenvalue weighted by Crippen LogP contribution is 2.34. The lowest BCUT2D eigenvalue weighted by atomic mass is 10.0. The fourth-order valence-corrected chi connectivity index (χ4v) is 4.79. The summed E-state index contributed by atoms with van der Waals surface area (Å²) in [7, 11) is -3.77. The summed E-state index contributed by atoms with van der Waals surface area (Å²) in [4.78, 5) is 11.2. The van der Waals surface area contributed by atoms with Crippen molar-refractivity contribution in [2.24, 2.45) is 0 Å². The molecule has 0 N–H and O–H groups in total. The van der Waals surface area contributed by atoms with Gasteiger partial charge in [0.2, 0.25) is 10.0 Å². The van der Waals surface area contributed by atoms with Gasteiger partial charge in [-0.2, -0.15) is 4.31 Å². The Morgan fingerprint density at radius 3 is 2.37 bits per heavy atom. The average Bonchev–Trinajstić information content (AvgIpc) is 2.71. The van der Waals surface area contributed by atoms with Crippen molar-refractivity contribution in [3.63, 3.8) is 0 Å². The maximum Gasteiger partial charge on any atom is 0.244 e. The molecule has 7 heteroatoms. The van der Waals surface area contributed by atoms with Crippen LogP contribution in [0.5, 0.6) is 0 Å². The van der Waals surface area contributed by atoms with Gasteiger partial charge in [0.15, 0.2) is 0 Å². The smallest absolute Gasteiger partial charge is 0.244 e. The van der Waals surface area contributed by atoms with Gasteiger partial charge in [-0.3, -0.25) is 0 Å². The number of carbonyl (C=O) groups excluding carboxylic acids is 1. The topological polar surface area (TPSA) is 54.5 Å². The lowest BCUT2D eigenvalue weighted by Crippen LogP contribution is -2.46. The van der Waals surface area contributed by atoms with Crippen LogP contribution < -0.4 is 0 Å². The Morgan fingerprint density at radius 2 is 1.84 bits per heavy atom. The van der Waals surface area contributed by atoms with Gasteiger partial charge in [0.25, 0.3) is 0 Å². The summed E-state index contributed by atoms with van der Waals surface area (Å²) in [6.07, 6.45) is 1.86. The Bertz CT molecular complexity index is 597. The van der Waals surface area contributed by atoms with Crippen LogP contribution in [-0.2, 0) is 14.8 Å². The molecular formula is C12H13Cl2NO3S. The zero-order chi connectivity index (χ0) is 14.3. The average molecular weight is 322 g/mol. The second-order valence-corrected chi connectivity index (χ2v) is 7.50. The van der Waals surface area contributed by atoms with Crippen LogP contribution in [0.4, 0.5) is 0 Å². The van der Waals surface area contributed by atoms with Gasteiger partial charge in [-0.25, -0.2) is 8.42 Å². The highest BCUT2D eigenvalue weighted by Gasteiger charge is 2.44. The first kappa shape index (κ1) is 14.8. The summed E-state index contributed by atoms with van der Waals surface area (Å²) in [5, 5.41) is 0.496. The van der Waals surface area contributed by atoms with Crippen LogP contribution in [0.15, 0.2) is 23.1 Å². The molecule has 1 atom stereocenters. The summed E-state index contributed by atoms with van der Waals surface area (Å²) < 4.78 is 26.3. The molecule has 0 bridgehead atoms. The SMILES string of the molecule is C[C@@]1(C=O)CCCN1S(=O)(=O)c1cc(Cl)cc(Cl)c1. The van der Waals surface area contributed by atoms with Crippen molar-refractivity contribution >= 4 is 39.5 Å². The van der Waals surface area contributed by atoms with Gasteiger partial charge in [-0.05, 0) is 38.0 Å². The first-order chi connectivity index (χ1) is 8.79. The number of benzene rings is 1. The van der Waals surface area contributed by atoms with E-state index in [0.29, 0.717) is 25.7 Å². The van der Waals surface area contributed by atoms with Gasteiger partial charge in [0, 0.05) is 16.6 Å². The number of hydrogen-bond donors (Lipinski definition) is 0. The van der Waals surface area contributed by atoms with Crippen molar-refractivity contribution in [3.05, 3.63) is 28.2 Å². The Kier molecular flexibility index (Phi) is 3.93. The van der Waals surface area contributed by atoms with Crippen molar-refractivity contribution in [1.29, 1.82) is 0 Å². The normalized spacial score (nSPS) is 24.6. The molecule has 1 fully saturated rings. The van der Waals surface area contributed by atoms with Gasteiger partial charge < -0.3 is 4.79 Å². The van der Waals surface area contributed by atoms with E-state index >= 15 is 0 Å². The van der Waals surface area contributed by atoms with Gasteiger partial charge >= 0.3 is 0 Å². The van der Waals surface area contributed by atoms with E-state index in [1.807, 2.05) is 0 Å². The predicted octanol–water partition coefficient (Wildman–Crippen LogP) is 2.74. The molecule has 0 spiro atoms. The maximum absolute atomic E-state index is 12.6. The molecule has 104 valence electrons. The Balaban J connectivity index is 2.51. The van der Waals surface area contributed by atoms with Gasteiger partial charge in [-0.15, -0.1) is 0 Å². The summed E-state index contributed by atoms with van der Waals surface area (Å²) >= 11 is 11.7. The number of carbonyl (C=O) groups is 1. The Morgan fingerprint density at radius 1 is 1.26 bits per heavy atom. The number of halogens is 2. The van der Waals surface area contributed by atoms with Crippen LogP contribution in [0, 0.1) is 0 Å². The van der Waals surface area contributed by atoms with Crippen molar-refractivity contribution in [1.82, 2.24) is 4.31 Å². The Hall–Kier alpha value is -0.620. The summed E-state index contributed by atoms with van der Waals surface area (Å²) in [5.41, 5.74) is -0.992. The molecule has 0 unspecified atom stereocenters. The van der Waals surface area contributed by atoms with Crippen LogP contribution in [0.2, 0.25) is 10.0 Å². The largest absolute Gasteiger partial charge is 0.301 e. The van der Waals surface area contributed by atoms with E-state index in [1.165, 1.54) is 22.5 Å². The third-order valence-corrected chi connectivity index (χ3v) is 5.74. The van der Waals surface area contributed by atoms with E-state index in [-0.39, 0.29) is 14.9 Å². The molecule has 4 nitrogen and oxygen atoms in total. The molecule has 1 aromatic carbocycles.